The Morgan fingerprint density at radius 3 is 1.83 bits per heavy atom. The lowest BCUT2D eigenvalue weighted by Crippen LogP contribution is -2.47. The van der Waals surface area contributed by atoms with Crippen molar-refractivity contribution in [3.63, 3.8) is 0 Å². The number of Topliss-reactive ketones (excluding diaryl/α,β-unsaturated/α-hetero) is 1. The second-order valence-corrected chi connectivity index (χ2v) is 34.2. The van der Waals surface area contributed by atoms with Crippen molar-refractivity contribution in [2.45, 2.75) is 68.4 Å². The molecule has 0 spiro atoms. The first-order valence-corrected chi connectivity index (χ1v) is 44.9. The molecule has 131 heavy (non-hydrogen) atoms. The predicted molar refractivity (Wildman–Crippen MR) is 490 cm³/mol. The fraction of sp³-hybridized carbons (Fsp3) is 0.351. The van der Waals surface area contributed by atoms with Gasteiger partial charge in [0.05, 0.1) is 92.4 Å². The van der Waals surface area contributed by atoms with E-state index in [1.54, 1.807) is 161 Å². The van der Waals surface area contributed by atoms with Crippen LogP contribution in [0.2, 0.25) is 0 Å². The summed E-state index contributed by atoms with van der Waals surface area (Å²) in [4.78, 5) is 178. The Kier molecular flexibility index (Phi) is 33.3. The number of imidazole rings is 1. The van der Waals surface area contributed by atoms with Crippen molar-refractivity contribution in [2.75, 3.05) is 165 Å². The van der Waals surface area contributed by atoms with Gasteiger partial charge in [0, 0.05) is 147 Å². The SMILES string of the molecule is Cc1cccc2c(OC(=O)N(C)CCN(C)C(=O)OCc3ccc(NC(=O)[C@H](CCCNC(N)=O)CC(=O)[C@@H](NC(=O)COCCOCCOCCOc4ccc(N5C(=O)C(Sc6ccc(C(=O)N7CCOCC7)cc6)=C(Sc6ccc(C(=O)N7CCOCC7)cc6)C5=O)cc4)C(C)C)cc3)cc3c(c12)[C@H](CCl)CN3C(=O)c1cn2cc(NC(=O)c3ccc(O)cc3)ccc2n1. The van der Waals surface area contributed by atoms with E-state index in [4.69, 9.17) is 55.2 Å². The number of benzene rings is 7. The van der Waals surface area contributed by atoms with Gasteiger partial charge >= 0.3 is 18.2 Å². The third-order valence-corrected chi connectivity index (χ3v) is 24.8. The van der Waals surface area contributed by atoms with Gasteiger partial charge < -0.3 is 98.9 Å². The second-order valence-electron chi connectivity index (χ2n) is 31.7. The lowest BCUT2D eigenvalue weighted by atomic mass is 9.89. The molecule has 688 valence electrons. The molecule has 3 atom stereocenters. The third kappa shape index (κ3) is 25.0. The lowest BCUT2D eigenvalue weighted by Gasteiger charge is -2.26. The predicted octanol–water partition coefficient (Wildman–Crippen LogP) is 11.3. The highest BCUT2D eigenvalue weighted by atomic mass is 35.5. The van der Waals surface area contributed by atoms with Crippen molar-refractivity contribution in [3.8, 4) is 17.2 Å². The molecule has 13 rings (SSSR count). The Morgan fingerprint density at radius 2 is 1.24 bits per heavy atom. The topological polar surface area (TPSA) is 410 Å². The molecule has 34 nitrogen and oxygen atoms in total. The van der Waals surface area contributed by atoms with Crippen molar-refractivity contribution in [1.29, 1.82) is 0 Å². The lowest BCUT2D eigenvalue weighted by molar-refractivity contribution is -0.133. The molecule has 7 aromatic carbocycles. The molecule has 7 N–H and O–H groups in total. The van der Waals surface area contributed by atoms with Crippen LogP contribution in [0, 0.1) is 18.8 Å². The number of aromatic nitrogens is 2. The van der Waals surface area contributed by atoms with E-state index in [-0.39, 0.29) is 148 Å². The average Bonchev–Trinajstić information content (AvgIpc) is 1.60. The molecule has 4 aliphatic rings. The molecule has 4 aliphatic heterocycles. The summed E-state index contributed by atoms with van der Waals surface area (Å²) in [5, 5.41) is 22.0. The van der Waals surface area contributed by atoms with Gasteiger partial charge in [0.25, 0.3) is 35.4 Å². The van der Waals surface area contributed by atoms with Gasteiger partial charge in [-0.2, -0.15) is 0 Å². The number of alkyl halides is 1. The number of carbonyl (C=O) groups excluding carboxylic acids is 12. The van der Waals surface area contributed by atoms with Crippen LogP contribution in [0.4, 0.5) is 37.1 Å². The monoisotopic (exact) mass is 1850 g/mol. The molecule has 37 heteroatoms. The minimum atomic E-state index is -0.984. The van der Waals surface area contributed by atoms with Crippen LogP contribution in [0.5, 0.6) is 17.2 Å². The third-order valence-electron chi connectivity index (χ3n) is 22.1. The zero-order valence-electron chi connectivity index (χ0n) is 72.9. The minimum Gasteiger partial charge on any atom is -0.508 e. The number of phenolic OH excluding ortho intramolecular Hbond substituents is 1. The standard InChI is InChI=1S/C94H102ClN13O21S2/c1-58(2)82(101-79(111)57-126-47-46-124-44-45-125-48-49-127-70-26-22-68(23-27-70)108-90(117)83(130-71-28-15-62(16-29-71)87(114)104-36-40-122-41-37-104)84(91(108)118)131-72-30-17-63(18-31-72)88(115)105-38-42-123-43-39-105)76(110)50-64(9-7-33-97-92(96)119)86(113)98-66-19-11-60(12-20-66)56-128-93(120)102(4)34-35-103(5)94(121)129-77-51-75-81(80-59(3)8-6-10-73(77)80)65(52-95)53-107(75)89(116)74-55-106-54-67(21-32-78(106)100-74)99-85(112)61-13-24-69(109)25-14-61/h6,8,10-32,51,54-55,58,64-65,82,109H,7,9,33-50,52-53,56-57H2,1-5H3,(H,98,113)(H,99,112)(H,101,111)(H3,96,97,119)/t64-,65-,82+/m1/s1. The summed E-state index contributed by atoms with van der Waals surface area (Å²) in [5.41, 5.74) is 11.0. The average molecular weight is 1850 g/mol. The van der Waals surface area contributed by atoms with Crippen molar-refractivity contribution < 1.29 is 101 Å². The number of anilines is 4. The number of halogens is 1. The number of rotatable bonds is 40. The molecule has 6 heterocycles. The van der Waals surface area contributed by atoms with E-state index < -0.39 is 71.4 Å². The number of ether oxygens (including phenoxy) is 8. The van der Waals surface area contributed by atoms with Crippen LogP contribution < -0.4 is 46.3 Å². The maximum atomic E-state index is 14.6. The van der Waals surface area contributed by atoms with Gasteiger partial charge in [-0.3, -0.25) is 43.2 Å². The number of carbonyl (C=O) groups is 12. The Hall–Kier alpha value is -12.9. The summed E-state index contributed by atoms with van der Waals surface area (Å²) >= 11 is 8.89. The summed E-state index contributed by atoms with van der Waals surface area (Å²) in [5.74, 6) is -4.33. The molecule has 9 aromatic rings. The zero-order valence-corrected chi connectivity index (χ0v) is 75.3. The van der Waals surface area contributed by atoms with E-state index in [2.05, 4.69) is 26.3 Å². The fourth-order valence-corrected chi connectivity index (χ4v) is 17.3. The normalized spacial score (nSPS) is 14.8. The number of nitrogens with zero attached hydrogens (tertiary/aromatic N) is 8. The highest BCUT2D eigenvalue weighted by Crippen LogP contribution is 2.48. The van der Waals surface area contributed by atoms with E-state index in [0.29, 0.717) is 131 Å². The van der Waals surface area contributed by atoms with Crippen LogP contribution >= 0.6 is 35.1 Å². The number of primary amides is 1. The van der Waals surface area contributed by atoms with E-state index >= 15 is 0 Å². The molecule has 0 aliphatic carbocycles. The van der Waals surface area contributed by atoms with Gasteiger partial charge in [-0.05, 0) is 169 Å². The smallest absolute Gasteiger partial charge is 0.415 e. The Bertz CT molecular complexity index is 5600. The van der Waals surface area contributed by atoms with Gasteiger partial charge in [0.1, 0.15) is 48.4 Å². The van der Waals surface area contributed by atoms with Crippen LogP contribution in [-0.4, -0.2) is 256 Å². The van der Waals surface area contributed by atoms with Crippen LogP contribution in [0.1, 0.15) is 97.3 Å². The molecule has 12 amide bonds. The summed E-state index contributed by atoms with van der Waals surface area (Å²) in [6, 6.07) is 41.5. The van der Waals surface area contributed by atoms with E-state index in [1.165, 1.54) is 48.2 Å². The number of aryl methyl sites for hydroxylation is 1. The van der Waals surface area contributed by atoms with Crippen molar-refractivity contribution in [3.05, 3.63) is 219 Å². The number of morpholine rings is 2. The van der Waals surface area contributed by atoms with Gasteiger partial charge in [-0.25, -0.2) is 24.3 Å². The number of hydrogen-bond acceptors (Lipinski definition) is 24. The second kappa shape index (κ2) is 45.5. The number of urea groups is 1. The van der Waals surface area contributed by atoms with Crippen molar-refractivity contribution >= 4 is 146 Å². The number of aromatic hydroxyl groups is 1. The van der Waals surface area contributed by atoms with E-state index in [9.17, 15) is 62.6 Å². The van der Waals surface area contributed by atoms with E-state index in [1.807, 2.05) is 25.1 Å². The molecule has 0 bridgehead atoms. The maximum Gasteiger partial charge on any atom is 0.415 e. The summed E-state index contributed by atoms with van der Waals surface area (Å²) in [7, 11) is 3.03. The number of pyridine rings is 1. The fourth-order valence-electron chi connectivity index (χ4n) is 15.0. The number of ketones is 1. The number of fused-ring (bicyclic) bond motifs is 4. The molecule has 2 saturated heterocycles. The molecule has 2 aromatic heterocycles. The van der Waals surface area contributed by atoms with Gasteiger partial charge in [0.2, 0.25) is 11.8 Å². The number of nitrogens with one attached hydrogen (secondary N) is 4. The molecular weight excluding hydrogens is 1750 g/mol. The Labute approximate surface area is 769 Å². The molecule has 0 saturated carbocycles. The summed E-state index contributed by atoms with van der Waals surface area (Å²) < 4.78 is 47.0. The largest absolute Gasteiger partial charge is 0.508 e. The van der Waals surface area contributed by atoms with Gasteiger partial charge in [-0.15, -0.1) is 11.6 Å². The molecule has 0 radical (unpaired) electrons. The van der Waals surface area contributed by atoms with E-state index in [0.717, 1.165) is 44.9 Å². The van der Waals surface area contributed by atoms with Crippen LogP contribution in [0.15, 0.2) is 190 Å². The molecular formula is C94H102ClN13O21S2. The Balaban J connectivity index is 0.518. The van der Waals surface area contributed by atoms with Gasteiger partial charge in [0.15, 0.2) is 5.78 Å². The van der Waals surface area contributed by atoms with Crippen LogP contribution in [0.25, 0.3) is 16.4 Å². The van der Waals surface area contributed by atoms with Crippen LogP contribution in [-0.2, 0) is 59.0 Å². The number of nitrogens with two attached hydrogens (primary N) is 1. The van der Waals surface area contributed by atoms with Crippen LogP contribution in [0.3, 0.4) is 0 Å². The molecule has 0 unspecified atom stereocenters. The van der Waals surface area contributed by atoms with Crippen molar-refractivity contribution in [1.82, 2.24) is 39.6 Å². The first kappa shape index (κ1) is 95.6. The quantitative estimate of drug-likeness (QED) is 0.0118. The minimum absolute atomic E-state index is 0.0248. The Morgan fingerprint density at radius 1 is 0.656 bits per heavy atom. The first-order chi connectivity index (χ1) is 63.2. The number of thioether (sulfide) groups is 2. The highest BCUT2D eigenvalue weighted by Gasteiger charge is 2.42. The highest BCUT2D eigenvalue weighted by molar-refractivity contribution is 8.08. The zero-order chi connectivity index (χ0) is 92.8. The number of likely N-dealkylation sites (N-methyl/N-ethyl adjacent to an activating group) is 2. The van der Waals surface area contributed by atoms with Crippen molar-refractivity contribution in [2.24, 2.45) is 17.6 Å². The number of phenols is 1. The number of hydrogen-bond donors (Lipinski definition) is 6. The molecule has 2 fully saturated rings. The number of amides is 12. The first-order valence-electron chi connectivity index (χ1n) is 42.7. The number of imide groups is 1. The van der Waals surface area contributed by atoms with Gasteiger partial charge in [-0.1, -0.05) is 67.7 Å². The summed E-state index contributed by atoms with van der Waals surface area (Å²) in [6.45, 7) is 10.0. The maximum absolute atomic E-state index is 14.6. The summed E-state index contributed by atoms with van der Waals surface area (Å²) in [6.07, 6.45) is 1.96.